The highest BCUT2D eigenvalue weighted by atomic mass is 32.2. The molecule has 0 spiro atoms. The van der Waals surface area contributed by atoms with Gasteiger partial charge in [-0.25, -0.2) is 13.1 Å². The van der Waals surface area contributed by atoms with Crippen LogP contribution in [0.5, 0.6) is 0 Å². The van der Waals surface area contributed by atoms with Crippen LogP contribution < -0.4 is 4.72 Å². The van der Waals surface area contributed by atoms with Gasteiger partial charge in [0.25, 0.3) is 0 Å². The summed E-state index contributed by atoms with van der Waals surface area (Å²) in [5.41, 5.74) is 1.13. The number of benzene rings is 2. The molecule has 1 fully saturated rings. The van der Waals surface area contributed by atoms with Gasteiger partial charge in [-0.15, -0.1) is 0 Å². The van der Waals surface area contributed by atoms with Gasteiger partial charge in [-0.3, -0.25) is 4.79 Å². The van der Waals surface area contributed by atoms with Crippen molar-refractivity contribution in [1.82, 2.24) is 14.2 Å². The van der Waals surface area contributed by atoms with Crippen molar-refractivity contribution >= 4 is 26.8 Å². The standard InChI is InChI=1S/C22H25N3O3S/c26-22(13-17-24-14-10-18-6-4-5-9-21(18)24)25-15-11-19(12-16-25)23-29(27,28)20-7-2-1-3-8-20/h1-10,14,19,23H,11-13,15-17H2. The van der Waals surface area contributed by atoms with Crippen molar-refractivity contribution in [3.05, 3.63) is 66.9 Å². The van der Waals surface area contributed by atoms with Crippen LogP contribution in [-0.2, 0) is 21.4 Å². The molecule has 0 aliphatic carbocycles. The van der Waals surface area contributed by atoms with Crippen molar-refractivity contribution in [3.63, 3.8) is 0 Å². The van der Waals surface area contributed by atoms with Crippen LogP contribution in [0.4, 0.5) is 0 Å². The van der Waals surface area contributed by atoms with E-state index in [1.807, 2.05) is 23.2 Å². The third kappa shape index (κ3) is 4.52. The molecule has 1 aromatic heterocycles. The number of piperidine rings is 1. The third-order valence-electron chi connectivity index (χ3n) is 5.47. The predicted octanol–water partition coefficient (Wildman–Crippen LogP) is 3.00. The number of carbonyl (C=O) groups excluding carboxylic acids is 1. The number of nitrogens with zero attached hydrogens (tertiary/aromatic N) is 2. The number of para-hydroxylation sites is 1. The van der Waals surface area contributed by atoms with Crippen molar-refractivity contribution in [2.24, 2.45) is 0 Å². The summed E-state index contributed by atoms with van der Waals surface area (Å²) in [6, 6.07) is 18.4. The number of rotatable bonds is 6. The van der Waals surface area contributed by atoms with Gasteiger partial charge in [-0.1, -0.05) is 36.4 Å². The monoisotopic (exact) mass is 411 g/mol. The number of carbonyl (C=O) groups is 1. The van der Waals surface area contributed by atoms with E-state index < -0.39 is 10.0 Å². The topological polar surface area (TPSA) is 71.4 Å². The second-order valence-electron chi connectivity index (χ2n) is 7.41. The highest BCUT2D eigenvalue weighted by molar-refractivity contribution is 7.89. The molecule has 7 heteroatoms. The van der Waals surface area contributed by atoms with E-state index in [2.05, 4.69) is 27.5 Å². The maximum absolute atomic E-state index is 12.6. The lowest BCUT2D eigenvalue weighted by molar-refractivity contribution is -0.132. The van der Waals surface area contributed by atoms with Gasteiger partial charge in [-0.05, 0) is 42.5 Å². The first-order valence-electron chi connectivity index (χ1n) is 9.92. The summed E-state index contributed by atoms with van der Waals surface area (Å²) in [4.78, 5) is 14.7. The molecule has 4 rings (SSSR count). The summed E-state index contributed by atoms with van der Waals surface area (Å²) in [7, 11) is -3.52. The highest BCUT2D eigenvalue weighted by Gasteiger charge is 2.26. The summed E-state index contributed by atoms with van der Waals surface area (Å²) < 4.78 is 29.8. The zero-order valence-corrected chi connectivity index (χ0v) is 17.0. The predicted molar refractivity (Wildman–Crippen MR) is 113 cm³/mol. The van der Waals surface area contributed by atoms with E-state index in [9.17, 15) is 13.2 Å². The average molecular weight is 412 g/mol. The Labute approximate surface area is 171 Å². The van der Waals surface area contributed by atoms with Crippen molar-refractivity contribution in [1.29, 1.82) is 0 Å². The van der Waals surface area contributed by atoms with E-state index in [-0.39, 0.29) is 16.8 Å². The van der Waals surface area contributed by atoms with E-state index in [1.54, 1.807) is 30.3 Å². The molecule has 6 nitrogen and oxygen atoms in total. The molecule has 0 saturated carbocycles. The van der Waals surface area contributed by atoms with Crippen LogP contribution in [0.3, 0.4) is 0 Å². The second-order valence-corrected chi connectivity index (χ2v) is 9.12. The highest BCUT2D eigenvalue weighted by Crippen LogP contribution is 2.18. The lowest BCUT2D eigenvalue weighted by atomic mass is 10.1. The number of sulfonamides is 1. The number of amides is 1. The normalized spacial score (nSPS) is 15.7. The number of likely N-dealkylation sites (tertiary alicyclic amines) is 1. The summed E-state index contributed by atoms with van der Waals surface area (Å²) in [6.07, 6.45) is 3.72. The van der Waals surface area contributed by atoms with Gasteiger partial charge < -0.3 is 9.47 Å². The molecule has 1 saturated heterocycles. The first-order chi connectivity index (χ1) is 14.0. The maximum atomic E-state index is 12.6. The number of nitrogens with one attached hydrogen (secondary N) is 1. The Morgan fingerprint density at radius 2 is 1.66 bits per heavy atom. The molecule has 2 heterocycles. The van der Waals surface area contributed by atoms with E-state index >= 15 is 0 Å². The molecule has 1 aliphatic heterocycles. The van der Waals surface area contributed by atoms with E-state index in [0.29, 0.717) is 38.9 Å². The molecule has 3 aromatic rings. The Morgan fingerprint density at radius 3 is 2.41 bits per heavy atom. The number of aromatic nitrogens is 1. The molecular weight excluding hydrogens is 386 g/mol. The zero-order valence-electron chi connectivity index (χ0n) is 16.2. The maximum Gasteiger partial charge on any atom is 0.240 e. The fourth-order valence-electron chi connectivity index (χ4n) is 3.84. The van der Waals surface area contributed by atoms with Crippen LogP contribution in [0.15, 0.2) is 71.8 Å². The Kier molecular flexibility index (Phi) is 5.69. The third-order valence-corrected chi connectivity index (χ3v) is 7.01. The molecule has 0 unspecified atom stereocenters. The molecule has 152 valence electrons. The van der Waals surface area contributed by atoms with Crippen molar-refractivity contribution in [2.45, 2.75) is 36.7 Å². The molecule has 1 amide bonds. The van der Waals surface area contributed by atoms with E-state index in [0.717, 1.165) is 5.52 Å². The number of hydrogen-bond acceptors (Lipinski definition) is 3. The van der Waals surface area contributed by atoms with Crippen LogP contribution in [0.2, 0.25) is 0 Å². The van der Waals surface area contributed by atoms with Crippen molar-refractivity contribution < 1.29 is 13.2 Å². The second kappa shape index (κ2) is 8.39. The largest absolute Gasteiger partial charge is 0.347 e. The molecular formula is C22H25N3O3S. The number of hydrogen-bond donors (Lipinski definition) is 1. The summed E-state index contributed by atoms with van der Waals surface area (Å²) in [6.45, 7) is 1.80. The van der Waals surface area contributed by atoms with Gasteiger partial charge in [0, 0.05) is 43.8 Å². The lowest BCUT2D eigenvalue weighted by Crippen LogP contribution is -2.46. The van der Waals surface area contributed by atoms with Crippen molar-refractivity contribution in [2.75, 3.05) is 13.1 Å². The molecule has 0 radical (unpaired) electrons. The van der Waals surface area contributed by atoms with Gasteiger partial charge in [0.15, 0.2) is 0 Å². The first kappa shape index (κ1) is 19.7. The molecule has 0 bridgehead atoms. The molecule has 2 aromatic carbocycles. The Bertz CT molecular complexity index is 1080. The van der Waals surface area contributed by atoms with Gasteiger partial charge in [0.05, 0.1) is 4.90 Å². The van der Waals surface area contributed by atoms with E-state index in [1.165, 1.54) is 5.39 Å². The van der Waals surface area contributed by atoms with Gasteiger partial charge in [-0.2, -0.15) is 0 Å². The minimum Gasteiger partial charge on any atom is -0.347 e. The van der Waals surface area contributed by atoms with E-state index in [4.69, 9.17) is 0 Å². The van der Waals surface area contributed by atoms with Crippen LogP contribution >= 0.6 is 0 Å². The Hall–Kier alpha value is -2.64. The average Bonchev–Trinajstić information content (AvgIpc) is 3.16. The Balaban J connectivity index is 1.28. The van der Waals surface area contributed by atoms with Crippen LogP contribution in [0.1, 0.15) is 19.3 Å². The number of fused-ring (bicyclic) bond motifs is 1. The first-order valence-corrected chi connectivity index (χ1v) is 11.4. The van der Waals surface area contributed by atoms with Gasteiger partial charge in [0.1, 0.15) is 0 Å². The zero-order chi connectivity index (χ0) is 20.3. The van der Waals surface area contributed by atoms with Crippen LogP contribution in [-0.4, -0.2) is 42.9 Å². The summed E-state index contributed by atoms with van der Waals surface area (Å²) in [5.74, 6) is 0.118. The molecule has 0 atom stereocenters. The SMILES string of the molecule is O=C(CCn1ccc2ccccc21)N1CCC(NS(=O)(=O)c2ccccc2)CC1. The summed E-state index contributed by atoms with van der Waals surface area (Å²) >= 11 is 0. The van der Waals surface area contributed by atoms with Gasteiger partial charge in [0.2, 0.25) is 15.9 Å². The number of aryl methyl sites for hydroxylation is 1. The molecule has 1 N–H and O–H groups in total. The van der Waals surface area contributed by atoms with Crippen molar-refractivity contribution in [3.8, 4) is 0 Å². The minimum atomic E-state index is -3.52. The Morgan fingerprint density at radius 1 is 0.966 bits per heavy atom. The lowest BCUT2D eigenvalue weighted by Gasteiger charge is -2.32. The van der Waals surface area contributed by atoms with Crippen LogP contribution in [0.25, 0.3) is 10.9 Å². The smallest absolute Gasteiger partial charge is 0.240 e. The fraction of sp³-hybridized carbons (Fsp3) is 0.318. The minimum absolute atomic E-state index is 0.118. The summed E-state index contributed by atoms with van der Waals surface area (Å²) in [5, 5.41) is 1.17. The molecule has 1 aliphatic rings. The van der Waals surface area contributed by atoms with Gasteiger partial charge >= 0.3 is 0 Å². The quantitative estimate of drug-likeness (QED) is 0.678. The molecule has 29 heavy (non-hydrogen) atoms. The fourth-order valence-corrected chi connectivity index (χ4v) is 5.17. The van der Waals surface area contributed by atoms with Crippen LogP contribution in [0, 0.1) is 0 Å².